The molecule has 0 aliphatic carbocycles. The number of ether oxygens (including phenoxy) is 3. The van der Waals surface area contributed by atoms with E-state index in [2.05, 4.69) is 6.92 Å². The summed E-state index contributed by atoms with van der Waals surface area (Å²) < 4.78 is 16.0. The molecule has 0 radical (unpaired) electrons. The normalized spacial score (nSPS) is 31.4. The molecule has 1 fully saturated rings. The molecule has 5 atom stereocenters. The second-order valence-corrected chi connectivity index (χ2v) is 6.25. The van der Waals surface area contributed by atoms with Crippen LogP contribution in [0.4, 0.5) is 0 Å². The highest BCUT2D eigenvalue weighted by atomic mass is 16.7. The van der Waals surface area contributed by atoms with E-state index in [0.29, 0.717) is 6.61 Å². The van der Waals surface area contributed by atoms with Crippen LogP contribution >= 0.6 is 0 Å². The first kappa shape index (κ1) is 20.8. The Morgan fingerprint density at radius 2 is 1.52 bits per heavy atom. The van der Waals surface area contributed by atoms with Crippen molar-refractivity contribution >= 4 is 0 Å². The highest BCUT2D eigenvalue weighted by Gasteiger charge is 2.45. The molecule has 0 bridgehead atoms. The maximum atomic E-state index is 10.1. The molecule has 1 rings (SSSR count). The largest absolute Gasteiger partial charge is 0.394 e. The summed E-state index contributed by atoms with van der Waals surface area (Å²) in [5, 5.41) is 29.4. The average Bonchev–Trinajstić information content (AvgIpc) is 2.57. The fourth-order valence-corrected chi connectivity index (χ4v) is 2.91. The molecular formula is C17H34O6. The van der Waals surface area contributed by atoms with Gasteiger partial charge in [-0.3, -0.25) is 0 Å². The third-order valence-electron chi connectivity index (χ3n) is 4.36. The summed E-state index contributed by atoms with van der Waals surface area (Å²) in [7, 11) is 1.39. The lowest BCUT2D eigenvalue weighted by molar-refractivity contribution is -0.301. The van der Waals surface area contributed by atoms with Gasteiger partial charge in [-0.05, 0) is 6.42 Å². The number of methoxy groups -OCH3 is 1. The van der Waals surface area contributed by atoms with Crippen LogP contribution in [0.3, 0.4) is 0 Å². The smallest absolute Gasteiger partial charge is 0.186 e. The van der Waals surface area contributed by atoms with E-state index in [1.807, 2.05) is 0 Å². The number of aliphatic hydroxyl groups excluding tert-OH is 3. The van der Waals surface area contributed by atoms with Gasteiger partial charge in [-0.2, -0.15) is 0 Å². The Labute approximate surface area is 139 Å². The fourth-order valence-electron chi connectivity index (χ4n) is 2.91. The maximum absolute atomic E-state index is 10.1. The summed E-state index contributed by atoms with van der Waals surface area (Å²) in [6, 6.07) is 0. The van der Waals surface area contributed by atoms with E-state index in [1.54, 1.807) is 0 Å². The fraction of sp³-hybridized carbons (Fsp3) is 1.00. The summed E-state index contributed by atoms with van der Waals surface area (Å²) in [6.45, 7) is 2.42. The van der Waals surface area contributed by atoms with E-state index < -0.39 is 30.7 Å². The Morgan fingerprint density at radius 3 is 2.09 bits per heavy atom. The molecule has 1 aliphatic heterocycles. The molecule has 1 aliphatic rings. The number of hydrogen-bond acceptors (Lipinski definition) is 6. The van der Waals surface area contributed by atoms with Gasteiger partial charge in [0.2, 0.25) is 0 Å². The van der Waals surface area contributed by atoms with Gasteiger partial charge in [0.25, 0.3) is 0 Å². The summed E-state index contributed by atoms with van der Waals surface area (Å²) in [6.07, 6.45) is 4.96. The van der Waals surface area contributed by atoms with Gasteiger partial charge in [0, 0.05) is 13.7 Å². The molecule has 1 saturated heterocycles. The van der Waals surface area contributed by atoms with Crippen LogP contribution in [0.1, 0.15) is 58.3 Å². The van der Waals surface area contributed by atoms with E-state index in [0.717, 1.165) is 12.8 Å². The molecule has 6 heteroatoms. The van der Waals surface area contributed by atoms with Crippen LogP contribution in [0, 0.1) is 0 Å². The van der Waals surface area contributed by atoms with Gasteiger partial charge < -0.3 is 29.5 Å². The van der Waals surface area contributed by atoms with Crippen LogP contribution in [-0.2, 0) is 14.2 Å². The second kappa shape index (κ2) is 12.2. The third kappa shape index (κ3) is 7.03. The zero-order valence-electron chi connectivity index (χ0n) is 14.5. The van der Waals surface area contributed by atoms with Crippen LogP contribution in [0.2, 0.25) is 0 Å². The minimum absolute atomic E-state index is 0.286. The molecule has 6 nitrogen and oxygen atoms in total. The van der Waals surface area contributed by atoms with E-state index in [-0.39, 0.29) is 6.61 Å². The van der Waals surface area contributed by atoms with Crippen LogP contribution in [0.25, 0.3) is 0 Å². The molecule has 138 valence electrons. The van der Waals surface area contributed by atoms with Gasteiger partial charge in [-0.1, -0.05) is 51.9 Å². The predicted molar refractivity (Wildman–Crippen MR) is 87.1 cm³/mol. The van der Waals surface area contributed by atoms with E-state index in [1.165, 1.54) is 45.6 Å². The minimum Gasteiger partial charge on any atom is -0.394 e. The minimum atomic E-state index is -1.17. The highest BCUT2D eigenvalue weighted by Crippen LogP contribution is 2.24. The van der Waals surface area contributed by atoms with Gasteiger partial charge in [0.05, 0.1) is 6.61 Å². The van der Waals surface area contributed by atoms with Crippen LogP contribution in [-0.4, -0.2) is 66.3 Å². The Bertz CT molecular complexity index is 286. The first-order chi connectivity index (χ1) is 11.2. The van der Waals surface area contributed by atoms with Gasteiger partial charge in [-0.25, -0.2) is 0 Å². The lowest BCUT2D eigenvalue weighted by Gasteiger charge is -2.41. The molecule has 0 amide bonds. The van der Waals surface area contributed by atoms with Crippen molar-refractivity contribution in [3.8, 4) is 0 Å². The van der Waals surface area contributed by atoms with Crippen molar-refractivity contribution in [2.75, 3.05) is 20.3 Å². The quantitative estimate of drug-likeness (QED) is 0.470. The molecule has 0 aromatic heterocycles. The molecule has 3 N–H and O–H groups in total. The lowest BCUT2D eigenvalue weighted by atomic mass is 9.99. The zero-order valence-corrected chi connectivity index (χ0v) is 14.5. The Morgan fingerprint density at radius 1 is 0.913 bits per heavy atom. The van der Waals surface area contributed by atoms with Gasteiger partial charge in [-0.15, -0.1) is 0 Å². The standard InChI is InChI=1S/C17H34O6/c1-3-4-5-6-7-8-9-10-11-22-16-13(12-18)23-17(21-2)15(20)14(16)19/h13-20H,3-12H2,1-2H3. The van der Waals surface area contributed by atoms with Crippen molar-refractivity contribution < 1.29 is 29.5 Å². The molecule has 5 unspecified atom stereocenters. The summed E-state index contributed by atoms with van der Waals surface area (Å²) in [4.78, 5) is 0. The highest BCUT2D eigenvalue weighted by molar-refractivity contribution is 4.90. The van der Waals surface area contributed by atoms with Gasteiger partial charge in [0.1, 0.15) is 24.4 Å². The van der Waals surface area contributed by atoms with Crippen molar-refractivity contribution in [1.29, 1.82) is 0 Å². The molecule has 0 aromatic carbocycles. The third-order valence-corrected chi connectivity index (χ3v) is 4.36. The number of unbranched alkanes of at least 4 members (excludes halogenated alkanes) is 7. The number of rotatable bonds is 12. The Balaban J connectivity index is 2.19. The average molecular weight is 334 g/mol. The molecule has 0 spiro atoms. The maximum Gasteiger partial charge on any atom is 0.186 e. The van der Waals surface area contributed by atoms with Crippen LogP contribution < -0.4 is 0 Å². The number of aliphatic hydroxyl groups is 3. The molecular weight excluding hydrogens is 300 g/mol. The van der Waals surface area contributed by atoms with E-state index in [9.17, 15) is 15.3 Å². The predicted octanol–water partition coefficient (Wildman–Crippen LogP) is 1.60. The zero-order chi connectivity index (χ0) is 17.1. The van der Waals surface area contributed by atoms with Crippen molar-refractivity contribution in [3.63, 3.8) is 0 Å². The van der Waals surface area contributed by atoms with Gasteiger partial charge in [0.15, 0.2) is 6.29 Å². The lowest BCUT2D eigenvalue weighted by Crippen LogP contribution is -2.59. The van der Waals surface area contributed by atoms with Crippen LogP contribution in [0.15, 0.2) is 0 Å². The number of hydrogen-bond donors (Lipinski definition) is 3. The van der Waals surface area contributed by atoms with Crippen molar-refractivity contribution in [1.82, 2.24) is 0 Å². The Kier molecular flexibility index (Phi) is 11.0. The second-order valence-electron chi connectivity index (χ2n) is 6.25. The topological polar surface area (TPSA) is 88.4 Å². The van der Waals surface area contributed by atoms with Gasteiger partial charge >= 0.3 is 0 Å². The molecule has 1 heterocycles. The summed E-state index contributed by atoms with van der Waals surface area (Å²) >= 11 is 0. The Hall–Kier alpha value is -0.240. The van der Waals surface area contributed by atoms with Crippen molar-refractivity contribution in [2.45, 2.75) is 89.0 Å². The molecule has 0 saturated carbocycles. The van der Waals surface area contributed by atoms with Crippen LogP contribution in [0.5, 0.6) is 0 Å². The summed E-state index contributed by atoms with van der Waals surface area (Å²) in [5.74, 6) is 0. The molecule has 0 aromatic rings. The summed E-state index contributed by atoms with van der Waals surface area (Å²) in [5.41, 5.74) is 0. The monoisotopic (exact) mass is 334 g/mol. The van der Waals surface area contributed by atoms with E-state index in [4.69, 9.17) is 14.2 Å². The van der Waals surface area contributed by atoms with Crippen molar-refractivity contribution in [3.05, 3.63) is 0 Å². The molecule has 23 heavy (non-hydrogen) atoms. The first-order valence-electron chi connectivity index (χ1n) is 8.92. The first-order valence-corrected chi connectivity index (χ1v) is 8.92. The van der Waals surface area contributed by atoms with E-state index >= 15 is 0 Å². The SMILES string of the molecule is CCCCCCCCCCOC1C(CO)OC(OC)C(O)C1O. The van der Waals surface area contributed by atoms with Crippen molar-refractivity contribution in [2.24, 2.45) is 0 Å².